The summed E-state index contributed by atoms with van der Waals surface area (Å²) in [6.07, 6.45) is -6.16. The molecule has 3 N–H and O–H groups in total. The zero-order valence-corrected chi connectivity index (χ0v) is 7.12. The number of anilines is 1. The molecule has 14 heavy (non-hydrogen) atoms. The third-order valence-electron chi connectivity index (χ3n) is 1.65. The molecule has 0 aliphatic rings. The predicted octanol–water partition coefficient (Wildman–Crippen LogP) is 1.13. The molecule has 1 atom stereocenters. The zero-order chi connectivity index (χ0) is 10.8. The van der Waals surface area contributed by atoms with Gasteiger partial charge in [-0.25, -0.2) is 4.98 Å². The number of nitrogens with zero attached hydrogens (tertiary/aromatic N) is 1. The number of aliphatic hydroxyl groups is 1. The first-order valence-corrected chi connectivity index (χ1v) is 3.85. The van der Waals surface area contributed by atoms with Gasteiger partial charge in [-0.15, -0.1) is 0 Å². The topological polar surface area (TPSA) is 59.1 Å². The molecule has 3 nitrogen and oxygen atoms in total. The quantitative estimate of drug-likeness (QED) is 0.762. The van der Waals surface area contributed by atoms with Gasteiger partial charge in [-0.05, 0) is 17.7 Å². The number of aliphatic hydroxyl groups excluding tert-OH is 1. The SMILES string of the molecule is Nc1cc(C[C@@H](O)C(F)(F)F)ccn1. The molecule has 0 saturated heterocycles. The highest BCUT2D eigenvalue weighted by atomic mass is 19.4. The third kappa shape index (κ3) is 2.88. The van der Waals surface area contributed by atoms with E-state index in [1.807, 2.05) is 0 Å². The molecule has 0 radical (unpaired) electrons. The van der Waals surface area contributed by atoms with Crippen LogP contribution in [-0.4, -0.2) is 22.4 Å². The maximum atomic E-state index is 11.9. The first-order chi connectivity index (χ1) is 6.39. The predicted molar refractivity (Wildman–Crippen MR) is 44.4 cm³/mol. The normalized spacial score (nSPS) is 14.0. The summed E-state index contributed by atoms with van der Waals surface area (Å²) in [6, 6.07) is 2.68. The highest BCUT2D eigenvalue weighted by Gasteiger charge is 2.37. The summed E-state index contributed by atoms with van der Waals surface area (Å²) in [4.78, 5) is 3.62. The Labute approximate surface area is 78.4 Å². The number of alkyl halides is 3. The summed E-state index contributed by atoms with van der Waals surface area (Å²) < 4.78 is 35.8. The number of hydrogen-bond donors (Lipinski definition) is 2. The van der Waals surface area contributed by atoms with E-state index in [1.54, 1.807) is 0 Å². The first kappa shape index (κ1) is 10.8. The maximum absolute atomic E-state index is 11.9. The molecule has 0 aromatic carbocycles. The van der Waals surface area contributed by atoms with Gasteiger partial charge in [0.1, 0.15) is 5.82 Å². The molecule has 0 amide bonds. The van der Waals surface area contributed by atoms with Gasteiger partial charge in [-0.1, -0.05) is 0 Å². The van der Waals surface area contributed by atoms with Crippen molar-refractivity contribution in [2.24, 2.45) is 0 Å². The Hall–Kier alpha value is -1.30. The van der Waals surface area contributed by atoms with Gasteiger partial charge in [0.25, 0.3) is 0 Å². The van der Waals surface area contributed by atoms with Crippen LogP contribution in [0.15, 0.2) is 18.3 Å². The molecule has 1 aromatic heterocycles. The molecular formula is C8H9F3N2O. The van der Waals surface area contributed by atoms with Crippen LogP contribution in [0.25, 0.3) is 0 Å². The van der Waals surface area contributed by atoms with Crippen LogP contribution in [-0.2, 0) is 6.42 Å². The second-order valence-electron chi connectivity index (χ2n) is 2.85. The van der Waals surface area contributed by atoms with Gasteiger partial charge in [0.15, 0.2) is 6.10 Å². The number of aromatic nitrogens is 1. The Morgan fingerprint density at radius 1 is 1.50 bits per heavy atom. The van der Waals surface area contributed by atoms with Crippen molar-refractivity contribution in [1.82, 2.24) is 4.98 Å². The molecule has 0 spiro atoms. The van der Waals surface area contributed by atoms with Crippen LogP contribution in [0.4, 0.5) is 19.0 Å². The highest BCUT2D eigenvalue weighted by molar-refractivity contribution is 5.32. The molecule has 1 aromatic rings. The molecular weight excluding hydrogens is 197 g/mol. The lowest BCUT2D eigenvalue weighted by Crippen LogP contribution is -2.30. The van der Waals surface area contributed by atoms with E-state index in [1.165, 1.54) is 18.3 Å². The smallest absolute Gasteiger partial charge is 0.384 e. The summed E-state index contributed by atoms with van der Waals surface area (Å²) in [5, 5.41) is 8.74. The van der Waals surface area contributed by atoms with E-state index < -0.39 is 18.7 Å². The third-order valence-corrected chi connectivity index (χ3v) is 1.65. The van der Waals surface area contributed by atoms with E-state index in [0.29, 0.717) is 5.56 Å². The maximum Gasteiger partial charge on any atom is 0.414 e. The van der Waals surface area contributed by atoms with Gasteiger partial charge in [0.05, 0.1) is 0 Å². The molecule has 0 aliphatic heterocycles. The zero-order valence-electron chi connectivity index (χ0n) is 7.12. The minimum Gasteiger partial charge on any atom is -0.384 e. The van der Waals surface area contributed by atoms with Crippen LogP contribution in [0, 0.1) is 0 Å². The minimum absolute atomic E-state index is 0.136. The van der Waals surface area contributed by atoms with Crippen LogP contribution in [0.2, 0.25) is 0 Å². The number of hydrogen-bond acceptors (Lipinski definition) is 3. The lowest BCUT2D eigenvalue weighted by molar-refractivity contribution is -0.203. The summed E-state index contributed by atoms with van der Waals surface area (Å²) in [5.74, 6) is 0.136. The lowest BCUT2D eigenvalue weighted by atomic mass is 10.1. The number of nitrogens with two attached hydrogens (primary N) is 1. The molecule has 1 heterocycles. The van der Waals surface area contributed by atoms with Gasteiger partial charge in [0.2, 0.25) is 0 Å². The second kappa shape index (κ2) is 3.83. The number of halogens is 3. The van der Waals surface area contributed by atoms with Gasteiger partial charge in [-0.3, -0.25) is 0 Å². The van der Waals surface area contributed by atoms with Crippen molar-refractivity contribution in [2.45, 2.75) is 18.7 Å². The summed E-state index contributed by atoms with van der Waals surface area (Å²) in [6.45, 7) is 0. The van der Waals surface area contributed by atoms with E-state index in [9.17, 15) is 13.2 Å². The van der Waals surface area contributed by atoms with Crippen molar-refractivity contribution in [3.8, 4) is 0 Å². The number of rotatable bonds is 2. The van der Waals surface area contributed by atoms with Crippen molar-refractivity contribution in [3.63, 3.8) is 0 Å². The molecule has 0 aliphatic carbocycles. The molecule has 78 valence electrons. The van der Waals surface area contributed by atoms with Crippen molar-refractivity contribution < 1.29 is 18.3 Å². The van der Waals surface area contributed by atoms with Gasteiger partial charge >= 0.3 is 6.18 Å². The molecule has 0 unspecified atom stereocenters. The number of pyridine rings is 1. The molecule has 0 bridgehead atoms. The monoisotopic (exact) mass is 206 g/mol. The van der Waals surface area contributed by atoms with Crippen LogP contribution in [0.1, 0.15) is 5.56 Å². The van der Waals surface area contributed by atoms with E-state index >= 15 is 0 Å². The van der Waals surface area contributed by atoms with Crippen LogP contribution in [0.3, 0.4) is 0 Å². The molecule has 6 heteroatoms. The Kier molecular flexibility index (Phi) is 2.95. The average molecular weight is 206 g/mol. The number of nitrogen functional groups attached to an aromatic ring is 1. The summed E-state index contributed by atoms with van der Waals surface area (Å²) in [5.41, 5.74) is 5.58. The first-order valence-electron chi connectivity index (χ1n) is 3.85. The van der Waals surface area contributed by atoms with E-state index in [0.717, 1.165) is 0 Å². The summed E-state index contributed by atoms with van der Waals surface area (Å²) >= 11 is 0. The fourth-order valence-corrected chi connectivity index (χ4v) is 0.960. The van der Waals surface area contributed by atoms with Crippen LogP contribution < -0.4 is 5.73 Å². The fourth-order valence-electron chi connectivity index (χ4n) is 0.960. The van der Waals surface area contributed by atoms with Gasteiger partial charge in [-0.2, -0.15) is 13.2 Å². The van der Waals surface area contributed by atoms with Gasteiger partial charge < -0.3 is 10.8 Å². The van der Waals surface area contributed by atoms with Crippen LogP contribution >= 0.6 is 0 Å². The highest BCUT2D eigenvalue weighted by Crippen LogP contribution is 2.23. The van der Waals surface area contributed by atoms with Crippen molar-refractivity contribution in [1.29, 1.82) is 0 Å². The average Bonchev–Trinajstić information content (AvgIpc) is 2.02. The van der Waals surface area contributed by atoms with Gasteiger partial charge in [0, 0.05) is 12.6 Å². The molecule has 1 rings (SSSR count). The van der Waals surface area contributed by atoms with Crippen molar-refractivity contribution >= 4 is 5.82 Å². The Balaban J connectivity index is 2.70. The van der Waals surface area contributed by atoms with Crippen molar-refractivity contribution in [3.05, 3.63) is 23.9 Å². The standard InChI is InChI=1S/C8H9F3N2O/c9-8(10,11)6(14)3-5-1-2-13-7(12)4-5/h1-2,4,6,14H,3H2,(H2,12,13)/t6-/m1/s1. The summed E-state index contributed by atoms with van der Waals surface area (Å²) in [7, 11) is 0. The molecule has 0 saturated carbocycles. The molecule has 0 fully saturated rings. The fraction of sp³-hybridized carbons (Fsp3) is 0.375. The van der Waals surface area contributed by atoms with E-state index in [-0.39, 0.29) is 5.82 Å². The Morgan fingerprint density at radius 2 is 2.14 bits per heavy atom. The Bertz CT molecular complexity index is 314. The minimum atomic E-state index is -4.60. The second-order valence-corrected chi connectivity index (χ2v) is 2.85. The van der Waals surface area contributed by atoms with E-state index in [4.69, 9.17) is 10.8 Å². The van der Waals surface area contributed by atoms with Crippen LogP contribution in [0.5, 0.6) is 0 Å². The van der Waals surface area contributed by atoms with Crippen molar-refractivity contribution in [2.75, 3.05) is 5.73 Å². The Morgan fingerprint density at radius 3 is 2.64 bits per heavy atom. The van der Waals surface area contributed by atoms with E-state index in [2.05, 4.69) is 4.98 Å². The lowest BCUT2D eigenvalue weighted by Gasteiger charge is -2.14. The largest absolute Gasteiger partial charge is 0.414 e.